The molecule has 0 saturated carbocycles. The first-order chi connectivity index (χ1) is 11.3. The Morgan fingerprint density at radius 3 is 2.65 bits per heavy atom. The van der Waals surface area contributed by atoms with E-state index in [9.17, 15) is 4.79 Å². The van der Waals surface area contributed by atoms with E-state index in [-0.39, 0.29) is 5.97 Å². The van der Waals surface area contributed by atoms with Crippen molar-refractivity contribution in [3.63, 3.8) is 0 Å². The van der Waals surface area contributed by atoms with E-state index < -0.39 is 0 Å². The van der Waals surface area contributed by atoms with Crippen molar-refractivity contribution in [2.75, 3.05) is 7.11 Å². The van der Waals surface area contributed by atoms with Crippen LogP contribution in [0, 0.1) is 0 Å². The minimum absolute atomic E-state index is 0.388. The van der Waals surface area contributed by atoms with Gasteiger partial charge in [-0.05, 0) is 24.3 Å². The van der Waals surface area contributed by atoms with Crippen LogP contribution in [0.25, 0.3) is 33.3 Å². The first-order valence-electron chi connectivity index (χ1n) is 7.23. The lowest BCUT2D eigenvalue weighted by molar-refractivity contribution is 0.0603. The van der Waals surface area contributed by atoms with Crippen LogP contribution in [0.3, 0.4) is 0 Å². The summed E-state index contributed by atoms with van der Waals surface area (Å²) in [5.41, 5.74) is 2.61. The van der Waals surface area contributed by atoms with Gasteiger partial charge in [-0.15, -0.1) is 0 Å². The lowest BCUT2D eigenvalue weighted by atomic mass is 10.1. The van der Waals surface area contributed by atoms with Crippen LogP contribution in [-0.2, 0) is 4.74 Å². The zero-order valence-electron chi connectivity index (χ0n) is 12.4. The Balaban J connectivity index is 1.98. The number of methoxy groups -OCH3 is 1. The summed E-state index contributed by atoms with van der Waals surface area (Å²) in [4.78, 5) is 16.7. The van der Waals surface area contributed by atoms with Gasteiger partial charge in [-0.1, -0.05) is 36.4 Å². The Labute approximate surface area is 132 Å². The van der Waals surface area contributed by atoms with Crippen LogP contribution in [0.5, 0.6) is 0 Å². The Morgan fingerprint density at radius 2 is 1.83 bits per heavy atom. The van der Waals surface area contributed by atoms with Crippen molar-refractivity contribution in [1.29, 1.82) is 0 Å². The van der Waals surface area contributed by atoms with E-state index in [1.165, 1.54) is 7.11 Å². The highest BCUT2D eigenvalue weighted by molar-refractivity contribution is 6.04. The Hall–Kier alpha value is -3.14. The highest BCUT2D eigenvalue weighted by Gasteiger charge is 2.16. The van der Waals surface area contributed by atoms with Crippen LogP contribution < -0.4 is 0 Å². The number of carbonyl (C=O) groups is 1. The number of aromatic nitrogens is 1. The molecule has 0 radical (unpaired) electrons. The fraction of sp³-hybridized carbons (Fsp3) is 0.0526. The first-order valence-corrected chi connectivity index (χ1v) is 7.23. The molecule has 2 heterocycles. The number of fused-ring (bicyclic) bond motifs is 2. The molecule has 0 bridgehead atoms. The van der Waals surface area contributed by atoms with Crippen molar-refractivity contribution in [3.8, 4) is 11.5 Å². The average molecular weight is 303 g/mol. The quantitative estimate of drug-likeness (QED) is 0.514. The third kappa shape index (κ3) is 2.25. The highest BCUT2D eigenvalue weighted by atomic mass is 16.5. The average Bonchev–Trinajstić information content (AvgIpc) is 3.04. The van der Waals surface area contributed by atoms with Crippen molar-refractivity contribution >= 4 is 27.8 Å². The summed E-state index contributed by atoms with van der Waals surface area (Å²) in [6.07, 6.45) is 0. The summed E-state index contributed by atoms with van der Waals surface area (Å²) >= 11 is 0. The van der Waals surface area contributed by atoms with E-state index in [0.29, 0.717) is 17.0 Å². The number of pyridine rings is 1. The van der Waals surface area contributed by atoms with Crippen LogP contribution in [0.2, 0.25) is 0 Å². The van der Waals surface area contributed by atoms with Crippen molar-refractivity contribution in [2.24, 2.45) is 0 Å². The summed E-state index contributed by atoms with van der Waals surface area (Å²) in [5, 5.41) is 1.76. The molecule has 4 nitrogen and oxygen atoms in total. The summed E-state index contributed by atoms with van der Waals surface area (Å²) < 4.78 is 10.8. The summed E-state index contributed by atoms with van der Waals surface area (Å²) in [6.45, 7) is 0. The second-order valence-electron chi connectivity index (χ2n) is 5.21. The van der Waals surface area contributed by atoms with Gasteiger partial charge in [0.1, 0.15) is 11.3 Å². The predicted octanol–water partition coefficient (Wildman–Crippen LogP) is 4.43. The van der Waals surface area contributed by atoms with Gasteiger partial charge < -0.3 is 9.15 Å². The number of nitrogens with zero attached hydrogens (tertiary/aromatic N) is 1. The number of furan rings is 1. The fourth-order valence-corrected chi connectivity index (χ4v) is 2.69. The largest absolute Gasteiger partial charge is 0.465 e. The van der Waals surface area contributed by atoms with Gasteiger partial charge in [-0.25, -0.2) is 9.78 Å². The number of benzene rings is 2. The zero-order chi connectivity index (χ0) is 15.8. The maximum Gasteiger partial charge on any atom is 0.338 e. The van der Waals surface area contributed by atoms with Gasteiger partial charge in [-0.2, -0.15) is 0 Å². The molecule has 0 aliphatic carbocycles. The minimum Gasteiger partial charge on any atom is -0.465 e. The van der Waals surface area contributed by atoms with E-state index in [0.717, 1.165) is 21.9 Å². The minimum atomic E-state index is -0.388. The lowest BCUT2D eigenvalue weighted by Gasteiger charge is -2.06. The van der Waals surface area contributed by atoms with Gasteiger partial charge in [0, 0.05) is 10.8 Å². The van der Waals surface area contributed by atoms with Crippen LogP contribution in [0.1, 0.15) is 10.4 Å². The number of esters is 1. The highest BCUT2D eigenvalue weighted by Crippen LogP contribution is 2.29. The van der Waals surface area contributed by atoms with Crippen molar-refractivity contribution < 1.29 is 13.9 Å². The van der Waals surface area contributed by atoms with Crippen LogP contribution in [0.4, 0.5) is 0 Å². The topological polar surface area (TPSA) is 52.3 Å². The van der Waals surface area contributed by atoms with E-state index >= 15 is 0 Å². The second-order valence-corrected chi connectivity index (χ2v) is 5.21. The molecule has 0 spiro atoms. The fourth-order valence-electron chi connectivity index (χ4n) is 2.69. The third-order valence-electron chi connectivity index (χ3n) is 3.80. The lowest BCUT2D eigenvalue weighted by Crippen LogP contribution is -2.03. The Morgan fingerprint density at radius 1 is 1.04 bits per heavy atom. The van der Waals surface area contributed by atoms with Gasteiger partial charge >= 0.3 is 5.97 Å². The summed E-state index contributed by atoms with van der Waals surface area (Å²) in [5.74, 6) is 0.239. The molecule has 0 aliphatic rings. The Kier molecular flexibility index (Phi) is 3.08. The normalized spacial score (nSPS) is 11.0. The van der Waals surface area contributed by atoms with E-state index in [1.807, 2.05) is 54.6 Å². The maximum atomic E-state index is 12.1. The van der Waals surface area contributed by atoms with Crippen molar-refractivity contribution in [3.05, 3.63) is 66.2 Å². The molecule has 2 aromatic heterocycles. The molecule has 4 rings (SSSR count). The molecule has 112 valence electrons. The van der Waals surface area contributed by atoms with E-state index in [1.54, 1.807) is 6.07 Å². The third-order valence-corrected chi connectivity index (χ3v) is 3.80. The number of hydrogen-bond acceptors (Lipinski definition) is 4. The predicted molar refractivity (Wildman–Crippen MR) is 88.3 cm³/mol. The zero-order valence-corrected chi connectivity index (χ0v) is 12.4. The molecule has 0 unspecified atom stereocenters. The molecule has 4 heteroatoms. The van der Waals surface area contributed by atoms with Gasteiger partial charge in [0.2, 0.25) is 0 Å². The molecule has 0 atom stereocenters. The smallest absolute Gasteiger partial charge is 0.338 e. The number of rotatable bonds is 2. The first kappa shape index (κ1) is 13.5. The van der Waals surface area contributed by atoms with Gasteiger partial charge in [0.25, 0.3) is 0 Å². The summed E-state index contributed by atoms with van der Waals surface area (Å²) in [7, 11) is 1.37. The van der Waals surface area contributed by atoms with Crippen LogP contribution in [0.15, 0.2) is 65.1 Å². The molecule has 0 amide bonds. The van der Waals surface area contributed by atoms with E-state index in [2.05, 4.69) is 4.98 Å². The molecular weight excluding hydrogens is 290 g/mol. The monoisotopic (exact) mass is 303 g/mol. The van der Waals surface area contributed by atoms with Crippen LogP contribution >= 0.6 is 0 Å². The number of hydrogen-bond donors (Lipinski definition) is 0. The van der Waals surface area contributed by atoms with Gasteiger partial charge in [-0.3, -0.25) is 0 Å². The molecular formula is C19H13NO3. The second kappa shape index (κ2) is 5.25. The SMILES string of the molecule is COC(=O)c1cc(-c2cc3ccccc3o2)nc2ccccc12. The molecule has 23 heavy (non-hydrogen) atoms. The maximum absolute atomic E-state index is 12.1. The molecule has 2 aromatic carbocycles. The Bertz CT molecular complexity index is 1000. The molecule has 0 saturated heterocycles. The van der Waals surface area contributed by atoms with Gasteiger partial charge in [0.15, 0.2) is 5.76 Å². The van der Waals surface area contributed by atoms with Crippen LogP contribution in [-0.4, -0.2) is 18.1 Å². The molecule has 0 fully saturated rings. The van der Waals surface area contributed by atoms with Crippen molar-refractivity contribution in [1.82, 2.24) is 4.98 Å². The molecule has 0 N–H and O–H groups in total. The molecule has 0 aliphatic heterocycles. The standard InChI is InChI=1S/C19H13NO3/c1-22-19(21)14-11-16(20-15-8-4-3-7-13(14)15)18-10-12-6-2-5-9-17(12)23-18/h2-11H,1H3. The van der Waals surface area contributed by atoms with Gasteiger partial charge in [0.05, 0.1) is 18.2 Å². The summed E-state index contributed by atoms with van der Waals surface area (Å²) in [6, 6.07) is 18.9. The number of carbonyl (C=O) groups excluding carboxylic acids is 1. The molecule has 4 aromatic rings. The van der Waals surface area contributed by atoms with Crippen molar-refractivity contribution in [2.45, 2.75) is 0 Å². The number of ether oxygens (including phenoxy) is 1. The number of para-hydroxylation sites is 2. The van der Waals surface area contributed by atoms with E-state index in [4.69, 9.17) is 9.15 Å².